The molecule has 0 N–H and O–H groups in total. The van der Waals surface area contributed by atoms with Crippen molar-refractivity contribution < 1.29 is 18.9 Å². The maximum Gasteiger partial charge on any atom is 0.276 e. The molecule has 2 aromatic heterocycles. The number of aromatic nitrogens is 3. The summed E-state index contributed by atoms with van der Waals surface area (Å²) in [6, 6.07) is 10.8. The summed E-state index contributed by atoms with van der Waals surface area (Å²) in [5.41, 5.74) is 1.26. The van der Waals surface area contributed by atoms with E-state index in [2.05, 4.69) is 10.2 Å². The van der Waals surface area contributed by atoms with Crippen LogP contribution in [0.25, 0.3) is 22.4 Å². The fraction of sp³-hybridized carbons (Fsp3) is 0.190. The second-order valence-electron chi connectivity index (χ2n) is 6.24. The number of ether oxygens (including phenoxy) is 4. The highest BCUT2D eigenvalue weighted by atomic mass is 32.1. The van der Waals surface area contributed by atoms with Crippen LogP contribution < -0.4 is 29.0 Å². The van der Waals surface area contributed by atoms with E-state index >= 15 is 0 Å². The van der Waals surface area contributed by atoms with Gasteiger partial charge in [0.05, 0.1) is 33.0 Å². The Labute approximate surface area is 175 Å². The summed E-state index contributed by atoms with van der Waals surface area (Å²) in [4.78, 5) is 13.6. The van der Waals surface area contributed by atoms with E-state index < -0.39 is 0 Å². The van der Waals surface area contributed by atoms with Crippen LogP contribution in [0.15, 0.2) is 41.2 Å². The number of methoxy groups -OCH3 is 4. The molecule has 0 amide bonds. The number of nitrogens with zero attached hydrogens (tertiary/aromatic N) is 3. The van der Waals surface area contributed by atoms with Crippen molar-refractivity contribution in [1.29, 1.82) is 0 Å². The number of hydrogen-bond donors (Lipinski definition) is 0. The first-order valence-electron chi connectivity index (χ1n) is 8.93. The van der Waals surface area contributed by atoms with Gasteiger partial charge in [0.15, 0.2) is 17.3 Å². The van der Waals surface area contributed by atoms with E-state index in [9.17, 15) is 4.79 Å². The van der Waals surface area contributed by atoms with Crippen molar-refractivity contribution in [2.45, 2.75) is 0 Å². The van der Waals surface area contributed by atoms with Crippen molar-refractivity contribution in [2.24, 2.45) is 0 Å². The average Bonchev–Trinajstić information content (AvgIpc) is 3.33. The Morgan fingerprint density at radius 3 is 2.33 bits per heavy atom. The maximum atomic E-state index is 13.1. The van der Waals surface area contributed by atoms with Crippen molar-refractivity contribution in [1.82, 2.24) is 14.6 Å². The van der Waals surface area contributed by atoms with Crippen LogP contribution >= 0.6 is 11.3 Å². The quantitative estimate of drug-likeness (QED) is 0.469. The molecule has 0 aliphatic rings. The molecule has 4 aromatic rings. The average molecular weight is 425 g/mol. The van der Waals surface area contributed by atoms with Crippen LogP contribution in [0, 0.1) is 0 Å². The molecule has 0 bridgehead atoms. The molecular weight excluding hydrogens is 406 g/mol. The first kappa shape index (κ1) is 19.7. The zero-order valence-electron chi connectivity index (χ0n) is 16.8. The number of benzene rings is 2. The third-order valence-electron chi connectivity index (χ3n) is 4.62. The van der Waals surface area contributed by atoms with Gasteiger partial charge in [-0.1, -0.05) is 11.3 Å². The standard InChI is InChI=1S/C21H19N3O5S/c1-26-14-7-5-12(16(11-14)28-3)10-18-20(25)24-19(22-23-21(24)30-18)13-6-8-15(27-2)17(9-13)29-4/h5-11H,1-4H3/b18-10-. The Morgan fingerprint density at radius 1 is 0.867 bits per heavy atom. The molecule has 0 radical (unpaired) electrons. The van der Waals surface area contributed by atoms with Crippen LogP contribution in [0.4, 0.5) is 0 Å². The molecule has 2 aromatic carbocycles. The topological polar surface area (TPSA) is 84.2 Å². The molecule has 0 fully saturated rings. The van der Waals surface area contributed by atoms with Gasteiger partial charge in [-0.05, 0) is 36.4 Å². The molecule has 9 heteroatoms. The molecule has 0 aliphatic heterocycles. The molecule has 0 unspecified atom stereocenters. The van der Waals surface area contributed by atoms with Gasteiger partial charge in [-0.25, -0.2) is 4.40 Å². The van der Waals surface area contributed by atoms with Gasteiger partial charge in [0.2, 0.25) is 4.96 Å². The summed E-state index contributed by atoms with van der Waals surface area (Å²) in [6.07, 6.45) is 1.78. The molecule has 30 heavy (non-hydrogen) atoms. The van der Waals surface area contributed by atoms with Crippen LogP contribution in [0.3, 0.4) is 0 Å². The number of thiazole rings is 1. The number of rotatable bonds is 6. The van der Waals surface area contributed by atoms with Crippen LogP contribution in [-0.4, -0.2) is 43.0 Å². The van der Waals surface area contributed by atoms with Crippen molar-refractivity contribution in [3.8, 4) is 34.4 Å². The highest BCUT2D eigenvalue weighted by Crippen LogP contribution is 2.31. The highest BCUT2D eigenvalue weighted by Gasteiger charge is 2.16. The lowest BCUT2D eigenvalue weighted by Gasteiger charge is -2.08. The Balaban J connectivity index is 1.86. The van der Waals surface area contributed by atoms with E-state index in [1.807, 2.05) is 18.2 Å². The summed E-state index contributed by atoms with van der Waals surface area (Å²) in [7, 11) is 6.28. The Morgan fingerprint density at radius 2 is 1.63 bits per heavy atom. The Hall–Kier alpha value is -3.59. The fourth-order valence-corrected chi connectivity index (χ4v) is 4.01. The van der Waals surface area contributed by atoms with E-state index in [4.69, 9.17) is 18.9 Å². The van der Waals surface area contributed by atoms with Gasteiger partial charge in [-0.2, -0.15) is 0 Å². The summed E-state index contributed by atoms with van der Waals surface area (Å²) in [5, 5.41) is 8.37. The molecule has 0 spiro atoms. The monoisotopic (exact) mass is 425 g/mol. The lowest BCUT2D eigenvalue weighted by Crippen LogP contribution is -2.23. The molecule has 0 aliphatic carbocycles. The van der Waals surface area contributed by atoms with Crippen molar-refractivity contribution in [2.75, 3.05) is 28.4 Å². The lowest BCUT2D eigenvalue weighted by molar-refractivity contribution is 0.355. The van der Waals surface area contributed by atoms with Gasteiger partial charge in [0.1, 0.15) is 11.5 Å². The molecule has 0 saturated carbocycles. The summed E-state index contributed by atoms with van der Waals surface area (Å²) >= 11 is 1.26. The molecule has 8 nitrogen and oxygen atoms in total. The second-order valence-corrected chi connectivity index (χ2v) is 7.24. The van der Waals surface area contributed by atoms with E-state index in [1.54, 1.807) is 52.7 Å². The van der Waals surface area contributed by atoms with Crippen LogP contribution in [0.1, 0.15) is 5.56 Å². The normalized spacial score (nSPS) is 11.7. The third-order valence-corrected chi connectivity index (χ3v) is 5.58. The van der Waals surface area contributed by atoms with Crippen LogP contribution in [0.5, 0.6) is 23.0 Å². The first-order chi connectivity index (χ1) is 14.6. The van der Waals surface area contributed by atoms with E-state index in [0.717, 1.165) is 5.56 Å². The minimum absolute atomic E-state index is 0.206. The fourth-order valence-electron chi connectivity index (χ4n) is 3.10. The summed E-state index contributed by atoms with van der Waals surface area (Å²) in [6.45, 7) is 0. The van der Waals surface area contributed by atoms with Crippen molar-refractivity contribution >= 4 is 22.4 Å². The second kappa shape index (κ2) is 8.03. The van der Waals surface area contributed by atoms with E-state index in [1.165, 1.54) is 15.7 Å². The van der Waals surface area contributed by atoms with Gasteiger partial charge in [-0.15, -0.1) is 10.2 Å². The molecule has 0 saturated heterocycles. The minimum Gasteiger partial charge on any atom is -0.497 e. The predicted molar refractivity (Wildman–Crippen MR) is 114 cm³/mol. The van der Waals surface area contributed by atoms with Crippen LogP contribution in [0.2, 0.25) is 0 Å². The SMILES string of the molecule is COc1ccc(/C=c2\sc3nnc(-c4ccc(OC)c(OC)c4)n3c2=O)c(OC)c1. The highest BCUT2D eigenvalue weighted by molar-refractivity contribution is 7.15. The van der Waals surface area contributed by atoms with Crippen molar-refractivity contribution in [3.05, 3.63) is 56.8 Å². The van der Waals surface area contributed by atoms with Gasteiger partial charge in [0, 0.05) is 17.2 Å². The first-order valence-corrected chi connectivity index (χ1v) is 9.75. The summed E-state index contributed by atoms with van der Waals surface area (Å²) < 4.78 is 23.3. The van der Waals surface area contributed by atoms with Gasteiger partial charge in [-0.3, -0.25) is 4.79 Å². The molecule has 2 heterocycles. The van der Waals surface area contributed by atoms with Gasteiger partial charge < -0.3 is 18.9 Å². The Kier molecular flexibility index (Phi) is 5.28. The molecule has 0 atom stereocenters. The molecule has 4 rings (SSSR count). The number of hydrogen-bond acceptors (Lipinski definition) is 8. The van der Waals surface area contributed by atoms with Crippen molar-refractivity contribution in [3.63, 3.8) is 0 Å². The predicted octanol–water partition coefficient (Wildman–Crippen LogP) is 2.40. The van der Waals surface area contributed by atoms with Gasteiger partial charge in [0.25, 0.3) is 5.56 Å². The zero-order chi connectivity index (χ0) is 21.3. The Bertz CT molecular complexity index is 1330. The summed E-state index contributed by atoms with van der Waals surface area (Å²) in [5.74, 6) is 2.86. The van der Waals surface area contributed by atoms with Gasteiger partial charge >= 0.3 is 0 Å². The smallest absolute Gasteiger partial charge is 0.276 e. The lowest BCUT2D eigenvalue weighted by atomic mass is 10.2. The third kappa shape index (κ3) is 3.33. The minimum atomic E-state index is -0.206. The molecular formula is C21H19N3O5S. The number of fused-ring (bicyclic) bond motifs is 1. The van der Waals surface area contributed by atoms with E-state index in [-0.39, 0.29) is 5.56 Å². The maximum absolute atomic E-state index is 13.1. The van der Waals surface area contributed by atoms with Crippen LogP contribution in [-0.2, 0) is 0 Å². The molecule has 154 valence electrons. The van der Waals surface area contributed by atoms with E-state index in [0.29, 0.717) is 43.9 Å². The zero-order valence-corrected chi connectivity index (χ0v) is 17.6. The largest absolute Gasteiger partial charge is 0.497 e.